The van der Waals surface area contributed by atoms with E-state index in [9.17, 15) is 13.6 Å². The topological polar surface area (TPSA) is 74.5 Å². The van der Waals surface area contributed by atoms with Gasteiger partial charge in [-0.25, -0.2) is 13.8 Å². The Morgan fingerprint density at radius 1 is 0.892 bits per heavy atom. The largest absolute Gasteiger partial charge is 0.384 e. The first-order valence-electron chi connectivity index (χ1n) is 12.9. The summed E-state index contributed by atoms with van der Waals surface area (Å²) in [5, 5.41) is 3.87. The number of alkyl halides is 2. The van der Waals surface area contributed by atoms with Crippen molar-refractivity contribution in [3.05, 3.63) is 52.5 Å². The van der Waals surface area contributed by atoms with Gasteiger partial charge in [0.2, 0.25) is 0 Å². The molecular weight excluding hydrogens is 540 g/mol. The Bertz CT molecular complexity index is 1360. The molecule has 9 heteroatoms. The first kappa shape index (κ1) is 24.4. The highest BCUT2D eigenvalue weighted by atomic mass is 79.9. The second kappa shape index (κ2) is 9.11. The third-order valence-corrected chi connectivity index (χ3v) is 8.71. The van der Waals surface area contributed by atoms with Gasteiger partial charge in [-0.3, -0.25) is 4.79 Å². The van der Waals surface area contributed by atoms with Crippen LogP contribution in [0.25, 0.3) is 10.9 Å². The molecule has 1 aromatic heterocycles. The van der Waals surface area contributed by atoms with Crippen LogP contribution in [-0.2, 0) is 0 Å². The predicted molar refractivity (Wildman–Crippen MR) is 148 cm³/mol. The molecule has 2 aromatic carbocycles. The molecule has 37 heavy (non-hydrogen) atoms. The van der Waals surface area contributed by atoms with E-state index in [4.69, 9.17) is 5.73 Å². The van der Waals surface area contributed by atoms with Gasteiger partial charge in [-0.1, -0.05) is 15.9 Å². The number of nitrogens with two attached hydrogens (primary N) is 1. The Hall–Kier alpha value is -2.94. The molecule has 0 atom stereocenters. The Morgan fingerprint density at radius 3 is 2.27 bits per heavy atom. The van der Waals surface area contributed by atoms with E-state index in [2.05, 4.69) is 31.1 Å². The van der Waals surface area contributed by atoms with Crippen molar-refractivity contribution in [1.29, 1.82) is 0 Å². The zero-order valence-corrected chi connectivity index (χ0v) is 22.2. The van der Waals surface area contributed by atoms with E-state index in [1.165, 1.54) is 25.7 Å². The van der Waals surface area contributed by atoms with Crippen molar-refractivity contribution in [3.8, 4) is 0 Å². The maximum absolute atomic E-state index is 13.8. The molecule has 1 spiro atoms. The van der Waals surface area contributed by atoms with Gasteiger partial charge in [0.1, 0.15) is 5.82 Å². The number of hydrogen-bond donors (Lipinski definition) is 2. The van der Waals surface area contributed by atoms with E-state index in [0.717, 1.165) is 28.6 Å². The van der Waals surface area contributed by atoms with Crippen molar-refractivity contribution in [2.45, 2.75) is 44.4 Å². The van der Waals surface area contributed by atoms with Gasteiger partial charge in [0.25, 0.3) is 11.8 Å². The van der Waals surface area contributed by atoms with Crippen molar-refractivity contribution in [1.82, 2.24) is 4.98 Å². The number of amides is 1. The number of carbonyl (C=O) groups excluding carboxylic acids is 1. The molecule has 3 aliphatic rings. The third-order valence-electron chi connectivity index (χ3n) is 8.21. The number of anilines is 4. The van der Waals surface area contributed by atoms with Crippen LogP contribution < -0.4 is 20.9 Å². The third kappa shape index (κ3) is 4.98. The van der Waals surface area contributed by atoms with Gasteiger partial charge in [0.15, 0.2) is 0 Å². The first-order valence-corrected chi connectivity index (χ1v) is 13.7. The number of hydrogen-bond acceptors (Lipinski definition) is 5. The zero-order chi connectivity index (χ0) is 25.8. The molecule has 1 aliphatic carbocycles. The Balaban J connectivity index is 1.30. The lowest BCUT2D eigenvalue weighted by Crippen LogP contribution is -2.39. The second-order valence-electron chi connectivity index (χ2n) is 10.7. The van der Waals surface area contributed by atoms with Crippen LogP contribution >= 0.6 is 15.9 Å². The fourth-order valence-electron chi connectivity index (χ4n) is 5.68. The molecule has 0 radical (unpaired) electrons. The summed E-state index contributed by atoms with van der Waals surface area (Å²) in [7, 11) is 0. The van der Waals surface area contributed by atoms with Crippen LogP contribution in [0.3, 0.4) is 0 Å². The zero-order valence-electron chi connectivity index (χ0n) is 20.6. The maximum atomic E-state index is 13.8. The molecule has 1 amide bonds. The minimum Gasteiger partial charge on any atom is -0.384 e. The molecule has 0 unspecified atom stereocenters. The van der Waals surface area contributed by atoms with Crippen molar-refractivity contribution in [3.63, 3.8) is 0 Å². The minimum atomic E-state index is -2.66. The molecule has 3 N–H and O–H groups in total. The SMILES string of the molecule is Nc1ccc2cc(NC(=O)c3ccc(Br)cc3N3CCC4(CC3)CC4)cc(N3CCC(F)(F)CC3)c2n1. The smallest absolute Gasteiger partial charge is 0.257 e. The van der Waals surface area contributed by atoms with Gasteiger partial charge < -0.3 is 20.9 Å². The van der Waals surface area contributed by atoms with Crippen molar-refractivity contribution in [2.75, 3.05) is 47.0 Å². The van der Waals surface area contributed by atoms with Gasteiger partial charge in [-0.15, -0.1) is 0 Å². The van der Waals surface area contributed by atoms with Crippen LogP contribution in [-0.4, -0.2) is 43.0 Å². The Labute approximate surface area is 223 Å². The lowest BCUT2D eigenvalue weighted by atomic mass is 9.93. The molecular formula is C28H30BrF2N5O. The number of carbonyl (C=O) groups is 1. The number of piperidine rings is 2. The average Bonchev–Trinajstić information content (AvgIpc) is 3.63. The summed E-state index contributed by atoms with van der Waals surface area (Å²) in [6.07, 6.45) is 4.55. The predicted octanol–water partition coefficient (Wildman–Crippen LogP) is 6.45. The molecule has 6 rings (SSSR count). The summed E-state index contributed by atoms with van der Waals surface area (Å²) >= 11 is 3.57. The van der Waals surface area contributed by atoms with Gasteiger partial charge in [0.05, 0.1) is 22.5 Å². The average molecular weight is 570 g/mol. The van der Waals surface area contributed by atoms with E-state index in [1.54, 1.807) is 6.07 Å². The summed E-state index contributed by atoms with van der Waals surface area (Å²) in [4.78, 5) is 22.3. The van der Waals surface area contributed by atoms with E-state index < -0.39 is 5.92 Å². The van der Waals surface area contributed by atoms with Crippen LogP contribution in [0.2, 0.25) is 0 Å². The molecule has 3 aromatic rings. The maximum Gasteiger partial charge on any atom is 0.257 e. The number of nitrogens with one attached hydrogen (secondary N) is 1. The molecule has 2 saturated heterocycles. The Kier molecular flexibility index (Phi) is 6.01. The molecule has 194 valence electrons. The molecule has 3 fully saturated rings. The van der Waals surface area contributed by atoms with Crippen LogP contribution in [0, 0.1) is 5.41 Å². The molecule has 6 nitrogen and oxygen atoms in total. The fraction of sp³-hybridized carbons (Fsp3) is 0.429. The number of aromatic nitrogens is 1. The van der Waals surface area contributed by atoms with E-state index in [0.29, 0.717) is 33.7 Å². The number of pyridine rings is 1. The van der Waals surface area contributed by atoms with E-state index in [1.807, 2.05) is 41.3 Å². The normalized spacial score (nSPS) is 20.3. The summed E-state index contributed by atoms with van der Waals surface area (Å²) in [6, 6.07) is 13.0. The summed E-state index contributed by atoms with van der Waals surface area (Å²) in [6.45, 7) is 2.32. The number of halogens is 3. The first-order chi connectivity index (χ1) is 17.7. The molecule has 0 bridgehead atoms. The summed E-state index contributed by atoms with van der Waals surface area (Å²) in [5.74, 6) is -2.49. The highest BCUT2D eigenvalue weighted by Crippen LogP contribution is 2.54. The Morgan fingerprint density at radius 2 is 1.57 bits per heavy atom. The van der Waals surface area contributed by atoms with Crippen LogP contribution in [0.1, 0.15) is 48.9 Å². The van der Waals surface area contributed by atoms with Crippen molar-refractivity contribution >= 4 is 55.6 Å². The monoisotopic (exact) mass is 569 g/mol. The van der Waals surface area contributed by atoms with Gasteiger partial charge in [-0.05, 0) is 73.6 Å². The minimum absolute atomic E-state index is 0.201. The van der Waals surface area contributed by atoms with Crippen LogP contribution in [0.15, 0.2) is 46.9 Å². The van der Waals surface area contributed by atoms with Gasteiger partial charge >= 0.3 is 0 Å². The second-order valence-corrected chi connectivity index (χ2v) is 11.7. The lowest BCUT2D eigenvalue weighted by Gasteiger charge is -2.35. The number of nitrogen functional groups attached to an aromatic ring is 1. The summed E-state index contributed by atoms with van der Waals surface area (Å²) in [5.41, 5.74) is 9.99. The fourth-order valence-corrected chi connectivity index (χ4v) is 6.02. The molecule has 2 aliphatic heterocycles. The van der Waals surface area contributed by atoms with Gasteiger partial charge in [-0.2, -0.15) is 0 Å². The molecule has 1 saturated carbocycles. The number of fused-ring (bicyclic) bond motifs is 1. The summed E-state index contributed by atoms with van der Waals surface area (Å²) < 4.78 is 28.6. The number of benzene rings is 2. The highest BCUT2D eigenvalue weighted by Gasteiger charge is 2.44. The van der Waals surface area contributed by atoms with E-state index >= 15 is 0 Å². The van der Waals surface area contributed by atoms with Crippen LogP contribution in [0.4, 0.5) is 31.7 Å². The quantitative estimate of drug-likeness (QED) is 0.377. The van der Waals surface area contributed by atoms with Gasteiger partial charge in [0, 0.05) is 54.6 Å². The standard InChI is InChI=1S/C28H30BrF2N5O/c29-19-2-3-21(22(16-19)35-11-7-27(5-6-27)8-12-35)26(37)33-20-15-18-1-4-24(32)34-25(18)23(17-20)36-13-9-28(30,31)10-14-36/h1-4,15-17H,5-14H2,(H2,32,34)(H,33,37). The van der Waals surface area contributed by atoms with Crippen molar-refractivity contribution in [2.24, 2.45) is 5.41 Å². The van der Waals surface area contributed by atoms with E-state index in [-0.39, 0.29) is 31.8 Å². The lowest BCUT2D eigenvalue weighted by molar-refractivity contribution is -0.0220. The molecule has 3 heterocycles. The van der Waals surface area contributed by atoms with Crippen molar-refractivity contribution < 1.29 is 13.6 Å². The highest BCUT2D eigenvalue weighted by molar-refractivity contribution is 9.10. The van der Waals surface area contributed by atoms with Crippen LogP contribution in [0.5, 0.6) is 0 Å². The number of rotatable bonds is 4. The number of nitrogens with zero attached hydrogens (tertiary/aromatic N) is 3.